The van der Waals surface area contributed by atoms with Gasteiger partial charge in [0, 0.05) is 10.6 Å². The van der Waals surface area contributed by atoms with Gasteiger partial charge in [-0.15, -0.1) is 0 Å². The van der Waals surface area contributed by atoms with Crippen molar-refractivity contribution in [2.24, 2.45) is 0 Å². The van der Waals surface area contributed by atoms with Crippen LogP contribution in [0.2, 0.25) is 5.02 Å². The zero-order chi connectivity index (χ0) is 24.1. The lowest BCUT2D eigenvalue weighted by atomic mass is 9.86. The molecule has 1 heterocycles. The molecule has 1 aromatic heterocycles. The molecule has 34 heavy (non-hydrogen) atoms. The highest BCUT2D eigenvalue weighted by atomic mass is 35.5. The van der Waals surface area contributed by atoms with Crippen LogP contribution in [0.1, 0.15) is 26.3 Å². The summed E-state index contributed by atoms with van der Waals surface area (Å²) in [7, 11) is 0. The fourth-order valence-electron chi connectivity index (χ4n) is 3.88. The van der Waals surface area contributed by atoms with Gasteiger partial charge >= 0.3 is 0 Å². The summed E-state index contributed by atoms with van der Waals surface area (Å²) in [5.41, 5.74) is 2.57. The Labute approximate surface area is 204 Å². The maximum absolute atomic E-state index is 13.2. The summed E-state index contributed by atoms with van der Waals surface area (Å²) in [5.74, 6) is 1.47. The van der Waals surface area contributed by atoms with E-state index in [9.17, 15) is 4.79 Å². The molecule has 0 aliphatic carbocycles. The molecule has 0 amide bonds. The van der Waals surface area contributed by atoms with Crippen molar-refractivity contribution in [3.63, 3.8) is 0 Å². The fourth-order valence-corrected chi connectivity index (χ4v) is 4.00. The van der Waals surface area contributed by atoms with Crippen LogP contribution in [-0.4, -0.2) is 29.4 Å². The Bertz CT molecular complexity index is 1320. The van der Waals surface area contributed by atoms with Crippen LogP contribution in [0.4, 0.5) is 0 Å². The molecule has 0 atom stereocenters. The monoisotopic (exact) mass is 476 g/mol. The van der Waals surface area contributed by atoms with Crippen molar-refractivity contribution in [3.8, 4) is 17.1 Å². The van der Waals surface area contributed by atoms with Gasteiger partial charge < -0.3 is 9.47 Å². The third-order valence-corrected chi connectivity index (χ3v) is 5.86. The Balaban J connectivity index is 1.45. The Morgan fingerprint density at radius 1 is 0.882 bits per heavy atom. The molecule has 176 valence electrons. The lowest BCUT2D eigenvalue weighted by molar-refractivity contribution is 0.0934. The maximum atomic E-state index is 13.2. The first-order chi connectivity index (χ1) is 16.3. The Morgan fingerprint density at radius 2 is 1.59 bits per heavy atom. The summed E-state index contributed by atoms with van der Waals surface area (Å²) in [6, 6.07) is 22.8. The molecule has 4 rings (SSSR count). The minimum atomic E-state index is -0.0884. The second-order valence-corrected chi connectivity index (χ2v) is 9.56. The number of halogens is 1. The highest BCUT2D eigenvalue weighted by molar-refractivity contribution is 6.30. The van der Waals surface area contributed by atoms with Gasteiger partial charge in [0.15, 0.2) is 0 Å². The van der Waals surface area contributed by atoms with E-state index in [1.165, 1.54) is 0 Å². The normalized spacial score (nSPS) is 11.6. The van der Waals surface area contributed by atoms with Crippen molar-refractivity contribution >= 4 is 22.5 Å². The lowest BCUT2D eigenvalue weighted by Gasteiger charge is -2.22. The molecule has 4 aromatic rings. The van der Waals surface area contributed by atoms with Gasteiger partial charge in [0.2, 0.25) is 0 Å². The van der Waals surface area contributed by atoms with Crippen LogP contribution >= 0.6 is 11.6 Å². The van der Waals surface area contributed by atoms with Gasteiger partial charge in [0.1, 0.15) is 18.2 Å². The zero-order valence-corrected chi connectivity index (χ0v) is 20.5. The van der Waals surface area contributed by atoms with Crippen LogP contribution in [0, 0.1) is 0 Å². The van der Waals surface area contributed by atoms with Crippen molar-refractivity contribution in [1.82, 2.24) is 9.55 Å². The third-order valence-electron chi connectivity index (χ3n) is 5.60. The van der Waals surface area contributed by atoms with Gasteiger partial charge in [-0.1, -0.05) is 62.7 Å². The minimum absolute atomic E-state index is 0.000231. The number of rotatable bonds is 8. The van der Waals surface area contributed by atoms with E-state index in [2.05, 4.69) is 26.8 Å². The topological polar surface area (TPSA) is 53.4 Å². The molecular formula is C28H29ClN2O3. The van der Waals surface area contributed by atoms with Crippen LogP contribution < -0.4 is 10.3 Å². The Kier molecular flexibility index (Phi) is 7.35. The van der Waals surface area contributed by atoms with E-state index in [4.69, 9.17) is 26.1 Å². The molecule has 3 aromatic carbocycles. The number of aromatic nitrogens is 2. The SMILES string of the molecule is CC(C)(C)c1ccccc1OCCOCCn1c(-c2ccc(Cl)cc2)nc2ccccc2c1=O. The highest BCUT2D eigenvalue weighted by Crippen LogP contribution is 2.30. The number of hydrogen-bond donors (Lipinski definition) is 0. The second-order valence-electron chi connectivity index (χ2n) is 9.12. The molecule has 0 spiro atoms. The van der Waals surface area contributed by atoms with Gasteiger partial charge in [-0.3, -0.25) is 9.36 Å². The average Bonchev–Trinajstić information content (AvgIpc) is 2.82. The number of nitrogens with zero attached hydrogens (tertiary/aromatic N) is 2. The second kappa shape index (κ2) is 10.4. The smallest absolute Gasteiger partial charge is 0.261 e. The van der Waals surface area contributed by atoms with Crippen LogP contribution in [0.3, 0.4) is 0 Å². The van der Waals surface area contributed by atoms with Gasteiger partial charge in [-0.25, -0.2) is 4.98 Å². The zero-order valence-electron chi connectivity index (χ0n) is 19.8. The van der Waals surface area contributed by atoms with Crippen molar-refractivity contribution in [3.05, 3.63) is 93.7 Å². The number of benzene rings is 3. The van der Waals surface area contributed by atoms with Gasteiger partial charge in [-0.05, 0) is 53.4 Å². The van der Waals surface area contributed by atoms with Crippen LogP contribution in [0.15, 0.2) is 77.6 Å². The molecule has 0 bridgehead atoms. The standard InChI is InChI=1S/C28H29ClN2O3/c1-28(2,3)23-9-5-7-11-25(23)34-19-18-33-17-16-31-26(20-12-14-21(29)15-13-20)30-24-10-6-4-8-22(24)27(31)32/h4-15H,16-19H2,1-3H3. The largest absolute Gasteiger partial charge is 0.491 e. The predicted molar refractivity (Wildman–Crippen MR) is 138 cm³/mol. The van der Waals surface area contributed by atoms with E-state index >= 15 is 0 Å². The highest BCUT2D eigenvalue weighted by Gasteiger charge is 2.18. The van der Waals surface area contributed by atoms with Gasteiger partial charge in [0.05, 0.1) is 30.7 Å². The van der Waals surface area contributed by atoms with Gasteiger partial charge in [0.25, 0.3) is 5.56 Å². The summed E-state index contributed by atoms with van der Waals surface area (Å²) >= 11 is 6.06. The third kappa shape index (κ3) is 5.49. The average molecular weight is 477 g/mol. The minimum Gasteiger partial charge on any atom is -0.491 e. The van der Waals surface area contributed by atoms with Crippen molar-refractivity contribution in [1.29, 1.82) is 0 Å². The molecule has 0 saturated carbocycles. The number of fused-ring (bicyclic) bond motifs is 1. The summed E-state index contributed by atoms with van der Waals surface area (Å²) in [5, 5.41) is 1.22. The number of hydrogen-bond acceptors (Lipinski definition) is 4. The molecule has 5 nitrogen and oxygen atoms in total. The first-order valence-electron chi connectivity index (χ1n) is 11.4. The lowest BCUT2D eigenvalue weighted by Crippen LogP contribution is -2.26. The van der Waals surface area contributed by atoms with Crippen molar-refractivity contribution in [2.45, 2.75) is 32.7 Å². The molecule has 0 fully saturated rings. The predicted octanol–water partition coefficient (Wildman–Crippen LogP) is 6.11. The van der Waals surface area contributed by atoms with E-state index in [-0.39, 0.29) is 11.0 Å². The summed E-state index contributed by atoms with van der Waals surface area (Å²) < 4.78 is 13.5. The van der Waals surface area contributed by atoms with E-state index in [1.807, 2.05) is 48.5 Å². The molecule has 0 unspecified atom stereocenters. The molecule has 0 saturated heterocycles. The Morgan fingerprint density at radius 3 is 2.35 bits per heavy atom. The molecule has 0 aliphatic rings. The molecule has 0 aliphatic heterocycles. The molecule has 6 heteroatoms. The summed E-state index contributed by atoms with van der Waals surface area (Å²) in [6.07, 6.45) is 0. The van der Waals surface area contributed by atoms with Crippen molar-refractivity contribution in [2.75, 3.05) is 19.8 Å². The first-order valence-corrected chi connectivity index (χ1v) is 11.8. The summed E-state index contributed by atoms with van der Waals surface area (Å²) in [6.45, 7) is 8.10. The van der Waals surface area contributed by atoms with Crippen LogP contribution in [0.5, 0.6) is 5.75 Å². The quantitative estimate of drug-likeness (QED) is 0.288. The number of para-hydroxylation sites is 2. The van der Waals surface area contributed by atoms with E-state index in [0.717, 1.165) is 16.9 Å². The van der Waals surface area contributed by atoms with Crippen molar-refractivity contribution < 1.29 is 9.47 Å². The van der Waals surface area contributed by atoms with E-state index in [1.54, 1.807) is 22.8 Å². The van der Waals surface area contributed by atoms with Gasteiger partial charge in [-0.2, -0.15) is 0 Å². The number of ether oxygens (including phenoxy) is 2. The van der Waals surface area contributed by atoms with Crippen LogP contribution in [0.25, 0.3) is 22.3 Å². The fraction of sp³-hybridized carbons (Fsp3) is 0.286. The van der Waals surface area contributed by atoms with Crippen LogP contribution in [-0.2, 0) is 16.7 Å². The van der Waals surface area contributed by atoms with E-state index < -0.39 is 0 Å². The maximum Gasteiger partial charge on any atom is 0.261 e. The molecule has 0 radical (unpaired) electrons. The Hall–Kier alpha value is -3.15. The molecule has 0 N–H and O–H groups in total. The summed E-state index contributed by atoms with van der Waals surface area (Å²) in [4.78, 5) is 18.0. The van der Waals surface area contributed by atoms with E-state index in [0.29, 0.717) is 48.1 Å². The first kappa shape index (κ1) is 24.0. The molecular weight excluding hydrogens is 448 g/mol.